The fraction of sp³-hybridized carbons (Fsp3) is 0.667. The fourth-order valence-electron chi connectivity index (χ4n) is 6.35. The summed E-state index contributed by atoms with van der Waals surface area (Å²) in [7, 11) is 0. The SMILES string of the molecule is Cc1ncsc1-c1ccc(CCNC(=O)[C@@H]2C[C@@H](O)CN2C(=O)C(C)(C)[C@H](C)NC(=O)COCCOCCOC2CCN(C(=O)OC(C)(C)C)CC2)cc1. The molecular weight excluding hydrogens is 715 g/mol. The number of carbonyl (C=O) groups excluding carboxylic acids is 4. The monoisotopic (exact) mass is 773 g/mol. The molecule has 3 atom stereocenters. The van der Waals surface area contributed by atoms with Crippen LogP contribution in [0.15, 0.2) is 29.8 Å². The van der Waals surface area contributed by atoms with E-state index in [9.17, 15) is 24.3 Å². The van der Waals surface area contributed by atoms with Crippen molar-refractivity contribution < 1.29 is 43.2 Å². The summed E-state index contributed by atoms with van der Waals surface area (Å²) in [6.45, 7) is 15.4. The number of rotatable bonds is 17. The highest BCUT2D eigenvalue weighted by Crippen LogP contribution is 2.30. The van der Waals surface area contributed by atoms with Gasteiger partial charge in [-0.3, -0.25) is 14.4 Å². The minimum Gasteiger partial charge on any atom is -0.444 e. The van der Waals surface area contributed by atoms with E-state index >= 15 is 0 Å². The van der Waals surface area contributed by atoms with Crippen LogP contribution in [0.5, 0.6) is 0 Å². The molecule has 0 saturated carbocycles. The lowest BCUT2D eigenvalue weighted by atomic mass is 9.83. The minimum absolute atomic E-state index is 0.0426. The van der Waals surface area contributed by atoms with Crippen molar-refractivity contribution in [3.63, 3.8) is 0 Å². The summed E-state index contributed by atoms with van der Waals surface area (Å²) in [5.41, 5.74) is 3.42. The van der Waals surface area contributed by atoms with E-state index in [2.05, 4.69) is 27.8 Å². The third kappa shape index (κ3) is 12.7. The maximum atomic E-state index is 13.8. The maximum Gasteiger partial charge on any atom is 0.410 e. The molecule has 3 heterocycles. The van der Waals surface area contributed by atoms with Gasteiger partial charge < -0.3 is 44.5 Å². The molecule has 1 aromatic carbocycles. The Balaban J connectivity index is 1.10. The van der Waals surface area contributed by atoms with E-state index in [4.69, 9.17) is 18.9 Å². The number of nitrogens with one attached hydrogen (secondary N) is 2. The molecule has 2 fully saturated rings. The quantitative estimate of drug-likeness (QED) is 0.202. The summed E-state index contributed by atoms with van der Waals surface area (Å²) in [5, 5.41) is 16.2. The smallest absolute Gasteiger partial charge is 0.410 e. The highest BCUT2D eigenvalue weighted by Gasteiger charge is 2.46. The molecule has 300 valence electrons. The largest absolute Gasteiger partial charge is 0.444 e. The van der Waals surface area contributed by atoms with Gasteiger partial charge in [0.1, 0.15) is 18.2 Å². The van der Waals surface area contributed by atoms with Gasteiger partial charge in [-0.1, -0.05) is 24.3 Å². The van der Waals surface area contributed by atoms with Crippen molar-refractivity contribution in [1.82, 2.24) is 25.4 Å². The van der Waals surface area contributed by atoms with E-state index in [1.54, 1.807) is 37.0 Å². The highest BCUT2D eigenvalue weighted by atomic mass is 32.1. The van der Waals surface area contributed by atoms with Gasteiger partial charge in [0.15, 0.2) is 0 Å². The molecule has 2 aromatic rings. The molecule has 54 heavy (non-hydrogen) atoms. The van der Waals surface area contributed by atoms with E-state index < -0.39 is 29.2 Å². The summed E-state index contributed by atoms with van der Waals surface area (Å²) < 4.78 is 22.4. The second kappa shape index (κ2) is 19.8. The van der Waals surface area contributed by atoms with E-state index in [0.717, 1.165) is 34.5 Å². The molecule has 0 aliphatic carbocycles. The number of nitrogens with zero attached hydrogens (tertiary/aromatic N) is 3. The number of hydrogen-bond donors (Lipinski definition) is 3. The number of β-amino-alcohol motifs (C(OH)–C–C–N with tert-alkyl or cyclic N) is 1. The number of aliphatic hydroxyl groups excluding tert-OH is 1. The summed E-state index contributed by atoms with van der Waals surface area (Å²) in [5.74, 6) is -1.02. The number of aryl methyl sites for hydroxylation is 1. The van der Waals surface area contributed by atoms with Crippen LogP contribution in [0.1, 0.15) is 72.1 Å². The van der Waals surface area contributed by atoms with Crippen LogP contribution in [0.2, 0.25) is 0 Å². The van der Waals surface area contributed by atoms with Crippen molar-refractivity contribution in [3.05, 3.63) is 41.0 Å². The van der Waals surface area contributed by atoms with Crippen LogP contribution in [0, 0.1) is 12.3 Å². The minimum atomic E-state index is -1.06. The Kier molecular flexibility index (Phi) is 15.8. The first-order valence-electron chi connectivity index (χ1n) is 18.9. The Labute approximate surface area is 323 Å². The number of aromatic nitrogens is 1. The molecule has 0 unspecified atom stereocenters. The van der Waals surface area contributed by atoms with E-state index in [0.29, 0.717) is 39.3 Å². The highest BCUT2D eigenvalue weighted by molar-refractivity contribution is 7.13. The Morgan fingerprint density at radius 3 is 2.31 bits per heavy atom. The maximum absolute atomic E-state index is 13.8. The van der Waals surface area contributed by atoms with Crippen molar-refractivity contribution >= 4 is 35.2 Å². The molecule has 0 spiro atoms. The van der Waals surface area contributed by atoms with Gasteiger partial charge in [0, 0.05) is 38.6 Å². The average Bonchev–Trinajstić information content (AvgIpc) is 3.73. The third-order valence-electron chi connectivity index (χ3n) is 9.81. The van der Waals surface area contributed by atoms with E-state index in [1.165, 1.54) is 4.90 Å². The van der Waals surface area contributed by atoms with Crippen LogP contribution in [0.25, 0.3) is 10.4 Å². The van der Waals surface area contributed by atoms with Crippen LogP contribution in [0.4, 0.5) is 4.79 Å². The summed E-state index contributed by atoms with van der Waals surface area (Å²) >= 11 is 1.60. The van der Waals surface area contributed by atoms with Crippen LogP contribution in [-0.2, 0) is 39.8 Å². The number of carbonyl (C=O) groups is 4. The molecular formula is C39H59N5O9S. The van der Waals surface area contributed by atoms with Crippen LogP contribution < -0.4 is 10.6 Å². The van der Waals surface area contributed by atoms with Crippen molar-refractivity contribution in [2.45, 2.75) is 104 Å². The second-order valence-corrected chi connectivity index (χ2v) is 16.4. The summed E-state index contributed by atoms with van der Waals surface area (Å²) in [6, 6.07) is 6.79. The standard InChI is InChI=1S/C39H59N5O9S/c1-26-34(54-25-41-26)29-10-8-28(9-11-29)12-15-40-35(47)32-22-30(45)23-44(32)36(48)39(6,7)27(2)42-33(46)24-51-19-18-50-20-21-52-31-13-16-43(17-14-31)37(49)53-38(3,4)5/h8-11,25,27,30-32,45H,12-24H2,1-7H3,(H,40,47)(H,42,46)/t27-,30+,32-/m0/s1. The lowest BCUT2D eigenvalue weighted by Gasteiger charge is -2.36. The number of amides is 4. The first kappa shape index (κ1) is 43.1. The van der Waals surface area contributed by atoms with Gasteiger partial charge >= 0.3 is 6.09 Å². The van der Waals surface area contributed by atoms with Crippen LogP contribution in [0.3, 0.4) is 0 Å². The second-order valence-electron chi connectivity index (χ2n) is 15.6. The van der Waals surface area contributed by atoms with Crippen LogP contribution >= 0.6 is 11.3 Å². The zero-order valence-corrected chi connectivity index (χ0v) is 33.7. The molecule has 0 radical (unpaired) electrons. The molecule has 1 aromatic heterocycles. The lowest BCUT2D eigenvalue weighted by molar-refractivity contribution is -0.147. The predicted octanol–water partition coefficient (Wildman–Crippen LogP) is 3.72. The molecule has 2 saturated heterocycles. The van der Waals surface area contributed by atoms with Gasteiger partial charge in [-0.15, -0.1) is 11.3 Å². The van der Waals surface area contributed by atoms with Crippen molar-refractivity contribution in [3.8, 4) is 10.4 Å². The Bertz CT molecular complexity index is 1540. The first-order valence-corrected chi connectivity index (χ1v) is 19.7. The van der Waals surface area contributed by atoms with E-state index in [1.807, 2.05) is 45.3 Å². The van der Waals surface area contributed by atoms with Gasteiger partial charge in [-0.2, -0.15) is 0 Å². The molecule has 4 rings (SSSR count). The van der Waals surface area contributed by atoms with Gasteiger partial charge in [-0.05, 0) is 78.9 Å². The first-order chi connectivity index (χ1) is 25.5. The Hall–Kier alpha value is -3.63. The normalized spacial score (nSPS) is 18.7. The number of aliphatic hydroxyl groups is 1. The summed E-state index contributed by atoms with van der Waals surface area (Å²) in [4.78, 5) is 60.5. The molecule has 4 amide bonds. The topological polar surface area (TPSA) is 169 Å². The molecule has 3 N–H and O–H groups in total. The van der Waals surface area contributed by atoms with Gasteiger partial charge in [0.25, 0.3) is 0 Å². The summed E-state index contributed by atoms with van der Waals surface area (Å²) in [6.07, 6.45) is 1.18. The average molecular weight is 774 g/mol. The number of likely N-dealkylation sites (tertiary alicyclic amines) is 2. The fourth-order valence-corrected chi connectivity index (χ4v) is 7.16. The number of benzene rings is 1. The molecule has 14 nitrogen and oxygen atoms in total. The molecule has 2 aliphatic rings. The number of piperidine rings is 1. The van der Waals surface area contributed by atoms with Gasteiger partial charge in [0.2, 0.25) is 17.7 Å². The van der Waals surface area contributed by atoms with Crippen LogP contribution in [-0.4, -0.2) is 133 Å². The number of thiazole rings is 1. The molecule has 0 bridgehead atoms. The zero-order chi connectivity index (χ0) is 39.5. The van der Waals surface area contributed by atoms with Crippen molar-refractivity contribution in [2.24, 2.45) is 5.41 Å². The van der Waals surface area contributed by atoms with E-state index in [-0.39, 0.29) is 62.7 Å². The lowest BCUT2D eigenvalue weighted by Crippen LogP contribution is -2.56. The van der Waals surface area contributed by atoms with Crippen molar-refractivity contribution in [2.75, 3.05) is 59.2 Å². The molecule has 2 aliphatic heterocycles. The van der Waals surface area contributed by atoms with Gasteiger partial charge in [-0.25, -0.2) is 9.78 Å². The zero-order valence-electron chi connectivity index (χ0n) is 32.9. The number of hydrogen-bond acceptors (Lipinski definition) is 11. The molecule has 15 heteroatoms. The Morgan fingerprint density at radius 2 is 1.67 bits per heavy atom. The third-order valence-corrected chi connectivity index (χ3v) is 10.8. The predicted molar refractivity (Wildman–Crippen MR) is 205 cm³/mol. The van der Waals surface area contributed by atoms with Gasteiger partial charge in [0.05, 0.1) is 60.1 Å². The number of ether oxygens (including phenoxy) is 4. The van der Waals surface area contributed by atoms with Crippen molar-refractivity contribution in [1.29, 1.82) is 0 Å². The Morgan fingerprint density at radius 1 is 1.00 bits per heavy atom.